The van der Waals surface area contributed by atoms with Gasteiger partial charge in [0.1, 0.15) is 12.2 Å². The summed E-state index contributed by atoms with van der Waals surface area (Å²) >= 11 is 0. The molecule has 0 bridgehead atoms. The summed E-state index contributed by atoms with van der Waals surface area (Å²) in [6, 6.07) is 11.6. The summed E-state index contributed by atoms with van der Waals surface area (Å²) in [5.74, 6) is -0.520. The summed E-state index contributed by atoms with van der Waals surface area (Å²) in [6.07, 6.45) is -0.0544. The van der Waals surface area contributed by atoms with Crippen LogP contribution in [0.1, 0.15) is 41.7 Å². The molecule has 29 heavy (non-hydrogen) atoms. The van der Waals surface area contributed by atoms with Crippen molar-refractivity contribution in [2.45, 2.75) is 32.9 Å². The standard InChI is InChI=1S/C22H20N4O3/c1-3-19(29-20(27)10-24)14-8-18-21-16(11-26(18)22(28)12(14)2)15(9-23)13-6-4-5-7-17(13)25-21/h4-8,19H,3,10-11,24H2,1-2H3. The van der Waals surface area contributed by atoms with E-state index >= 15 is 0 Å². The maximum atomic E-state index is 13.1. The molecule has 0 saturated heterocycles. The van der Waals surface area contributed by atoms with E-state index in [9.17, 15) is 14.9 Å². The summed E-state index contributed by atoms with van der Waals surface area (Å²) in [5, 5.41) is 10.5. The molecule has 146 valence electrons. The molecule has 0 fully saturated rings. The number of ether oxygens (including phenoxy) is 1. The second-order valence-electron chi connectivity index (χ2n) is 7.04. The van der Waals surface area contributed by atoms with Crippen molar-refractivity contribution in [3.63, 3.8) is 0 Å². The first-order chi connectivity index (χ1) is 14.0. The fraction of sp³-hybridized carbons (Fsp3) is 0.273. The smallest absolute Gasteiger partial charge is 0.320 e. The predicted octanol–water partition coefficient (Wildman–Crippen LogP) is 2.56. The van der Waals surface area contributed by atoms with Crippen LogP contribution in [-0.4, -0.2) is 22.1 Å². The third kappa shape index (κ3) is 2.89. The quantitative estimate of drug-likeness (QED) is 0.538. The van der Waals surface area contributed by atoms with Gasteiger partial charge in [-0.05, 0) is 25.5 Å². The van der Waals surface area contributed by atoms with Crippen molar-refractivity contribution in [2.75, 3.05) is 6.54 Å². The van der Waals surface area contributed by atoms with E-state index in [2.05, 4.69) is 6.07 Å². The zero-order valence-electron chi connectivity index (χ0n) is 16.2. The number of benzene rings is 1. The van der Waals surface area contributed by atoms with Crippen LogP contribution >= 0.6 is 0 Å². The fourth-order valence-electron chi connectivity index (χ4n) is 3.93. The Labute approximate surface area is 167 Å². The van der Waals surface area contributed by atoms with Gasteiger partial charge in [0, 0.05) is 22.1 Å². The van der Waals surface area contributed by atoms with E-state index in [1.54, 1.807) is 11.5 Å². The molecule has 0 aliphatic carbocycles. The number of rotatable bonds is 4. The summed E-state index contributed by atoms with van der Waals surface area (Å²) < 4.78 is 7.08. The molecule has 1 unspecified atom stereocenters. The molecule has 2 aromatic heterocycles. The monoisotopic (exact) mass is 388 g/mol. The lowest BCUT2D eigenvalue weighted by molar-refractivity contribution is -0.147. The lowest BCUT2D eigenvalue weighted by atomic mass is 9.99. The van der Waals surface area contributed by atoms with Crippen molar-refractivity contribution in [2.24, 2.45) is 5.73 Å². The molecule has 1 aliphatic heterocycles. The summed E-state index contributed by atoms with van der Waals surface area (Å²) in [7, 11) is 0. The minimum absolute atomic E-state index is 0.175. The first-order valence-electron chi connectivity index (χ1n) is 9.46. The van der Waals surface area contributed by atoms with Crippen LogP contribution in [0.2, 0.25) is 0 Å². The first kappa shape index (κ1) is 18.8. The molecule has 7 nitrogen and oxygen atoms in total. The van der Waals surface area contributed by atoms with Crippen molar-refractivity contribution in [1.29, 1.82) is 5.26 Å². The second-order valence-corrected chi connectivity index (χ2v) is 7.04. The zero-order valence-corrected chi connectivity index (χ0v) is 16.2. The zero-order chi connectivity index (χ0) is 20.7. The van der Waals surface area contributed by atoms with Gasteiger partial charge < -0.3 is 15.0 Å². The van der Waals surface area contributed by atoms with Crippen molar-refractivity contribution in [1.82, 2.24) is 9.55 Å². The van der Waals surface area contributed by atoms with Crippen LogP contribution in [0.15, 0.2) is 35.1 Å². The number of nitrogens with zero attached hydrogens (tertiary/aromatic N) is 3. The number of nitriles is 1. The number of para-hydroxylation sites is 1. The number of hydrogen-bond acceptors (Lipinski definition) is 6. The van der Waals surface area contributed by atoms with Crippen LogP contribution in [0.4, 0.5) is 0 Å². The second kappa shape index (κ2) is 7.15. The van der Waals surface area contributed by atoms with E-state index in [0.29, 0.717) is 46.6 Å². The third-order valence-electron chi connectivity index (χ3n) is 5.40. The molecular formula is C22H20N4O3. The molecule has 0 radical (unpaired) electrons. The number of carbonyl (C=O) groups excluding carboxylic acids is 1. The SMILES string of the molecule is CCC(OC(=O)CN)c1cc2n(c(=O)c1C)Cc1c-2nc2ccccc2c1C#N. The maximum absolute atomic E-state index is 13.1. The van der Waals surface area contributed by atoms with Gasteiger partial charge >= 0.3 is 5.97 Å². The number of hydrogen-bond donors (Lipinski definition) is 1. The van der Waals surface area contributed by atoms with Gasteiger partial charge in [0.25, 0.3) is 5.56 Å². The number of fused-ring (bicyclic) bond motifs is 4. The Balaban J connectivity index is 1.96. The van der Waals surface area contributed by atoms with Crippen molar-refractivity contribution in [3.8, 4) is 17.5 Å². The minimum atomic E-state index is -0.565. The van der Waals surface area contributed by atoms with Crippen LogP contribution in [0.25, 0.3) is 22.3 Å². The van der Waals surface area contributed by atoms with Gasteiger partial charge in [0.15, 0.2) is 0 Å². The molecule has 1 aliphatic rings. The number of aromatic nitrogens is 2. The topological polar surface area (TPSA) is 111 Å². The molecule has 1 aromatic carbocycles. The molecule has 0 amide bonds. The normalized spacial score (nSPS) is 12.9. The molecule has 0 spiro atoms. The lowest BCUT2D eigenvalue weighted by Gasteiger charge is -2.19. The van der Waals surface area contributed by atoms with E-state index in [1.807, 2.05) is 37.3 Å². The van der Waals surface area contributed by atoms with E-state index in [-0.39, 0.29) is 12.1 Å². The summed E-state index contributed by atoms with van der Waals surface area (Å²) in [4.78, 5) is 29.6. The summed E-state index contributed by atoms with van der Waals surface area (Å²) in [6.45, 7) is 3.68. The number of carbonyl (C=O) groups is 1. The van der Waals surface area contributed by atoms with Crippen LogP contribution in [0.5, 0.6) is 0 Å². The number of pyridine rings is 2. The number of nitrogens with two attached hydrogens (primary N) is 1. The Bertz CT molecular complexity index is 1250. The van der Waals surface area contributed by atoms with E-state index in [1.165, 1.54) is 0 Å². The maximum Gasteiger partial charge on any atom is 0.320 e. The highest BCUT2D eigenvalue weighted by Gasteiger charge is 2.29. The molecule has 1 atom stereocenters. The Morgan fingerprint density at radius 1 is 1.41 bits per heavy atom. The van der Waals surface area contributed by atoms with Crippen molar-refractivity contribution < 1.29 is 9.53 Å². The highest BCUT2D eigenvalue weighted by atomic mass is 16.5. The van der Waals surface area contributed by atoms with E-state index < -0.39 is 12.1 Å². The van der Waals surface area contributed by atoms with Gasteiger partial charge in [-0.15, -0.1) is 0 Å². The average molecular weight is 388 g/mol. The van der Waals surface area contributed by atoms with Crippen LogP contribution in [0.3, 0.4) is 0 Å². The molecule has 4 rings (SSSR count). The Morgan fingerprint density at radius 2 is 2.17 bits per heavy atom. The predicted molar refractivity (Wildman–Crippen MR) is 108 cm³/mol. The highest BCUT2D eigenvalue weighted by molar-refractivity contribution is 5.90. The van der Waals surface area contributed by atoms with Crippen LogP contribution < -0.4 is 11.3 Å². The van der Waals surface area contributed by atoms with Gasteiger partial charge in [-0.3, -0.25) is 9.59 Å². The molecular weight excluding hydrogens is 368 g/mol. The molecule has 0 saturated carbocycles. The molecule has 3 heterocycles. The van der Waals surface area contributed by atoms with Gasteiger partial charge in [-0.2, -0.15) is 5.26 Å². The molecule has 2 N–H and O–H groups in total. The highest BCUT2D eigenvalue weighted by Crippen LogP contribution is 2.37. The Kier molecular flexibility index (Phi) is 4.65. The van der Waals surface area contributed by atoms with Gasteiger partial charge in [0.05, 0.1) is 35.6 Å². The minimum Gasteiger partial charge on any atom is -0.457 e. The van der Waals surface area contributed by atoms with Crippen LogP contribution in [-0.2, 0) is 16.1 Å². The van der Waals surface area contributed by atoms with Gasteiger partial charge in [-0.1, -0.05) is 25.1 Å². The molecule has 3 aromatic rings. The largest absolute Gasteiger partial charge is 0.457 e. The molecule has 7 heteroatoms. The lowest BCUT2D eigenvalue weighted by Crippen LogP contribution is -2.26. The van der Waals surface area contributed by atoms with Crippen molar-refractivity contribution >= 4 is 16.9 Å². The van der Waals surface area contributed by atoms with Crippen LogP contribution in [0, 0.1) is 18.3 Å². The Morgan fingerprint density at radius 3 is 2.86 bits per heavy atom. The number of esters is 1. The van der Waals surface area contributed by atoms with Gasteiger partial charge in [-0.25, -0.2) is 4.98 Å². The third-order valence-corrected chi connectivity index (χ3v) is 5.40. The first-order valence-corrected chi connectivity index (χ1v) is 9.46. The van der Waals surface area contributed by atoms with E-state index in [4.69, 9.17) is 15.5 Å². The van der Waals surface area contributed by atoms with Gasteiger partial charge in [0.2, 0.25) is 0 Å². The Hall–Kier alpha value is -3.50. The van der Waals surface area contributed by atoms with Crippen molar-refractivity contribution in [3.05, 3.63) is 62.9 Å². The fourth-order valence-corrected chi connectivity index (χ4v) is 3.93. The summed E-state index contributed by atoms with van der Waals surface area (Å²) in [5.41, 5.74) is 9.60. The average Bonchev–Trinajstić information content (AvgIpc) is 3.11. The van der Waals surface area contributed by atoms with E-state index in [0.717, 1.165) is 10.9 Å².